The van der Waals surface area contributed by atoms with Gasteiger partial charge in [0.2, 0.25) is 5.13 Å². The van der Waals surface area contributed by atoms with Crippen LogP contribution in [0.25, 0.3) is 16.3 Å². The largest absolute Gasteiger partial charge is 0.370 e. The van der Waals surface area contributed by atoms with Crippen LogP contribution < -0.4 is 5.73 Å². The van der Waals surface area contributed by atoms with E-state index >= 15 is 0 Å². The molecule has 1 heterocycles. The summed E-state index contributed by atoms with van der Waals surface area (Å²) in [7, 11) is 0. The van der Waals surface area contributed by atoms with Crippen LogP contribution in [0.1, 0.15) is 17.2 Å². The van der Waals surface area contributed by atoms with Gasteiger partial charge in [0.15, 0.2) is 5.72 Å². The molecule has 3 aromatic rings. The fourth-order valence-electron chi connectivity index (χ4n) is 2.64. The molecule has 3 N–H and O–H groups in total. The molecule has 6 heteroatoms. The van der Waals surface area contributed by atoms with E-state index in [0.717, 1.165) is 21.3 Å². The third kappa shape index (κ3) is 2.57. The fourth-order valence-corrected chi connectivity index (χ4v) is 3.43. The minimum absolute atomic E-state index is 0.550. The smallest absolute Gasteiger partial charge is 0.230 e. The lowest BCUT2D eigenvalue weighted by molar-refractivity contribution is 0.0669. The Balaban J connectivity index is 1.72. The molecule has 0 saturated heterocycles. The maximum absolute atomic E-state index is 10.4. The van der Waals surface area contributed by atoms with E-state index < -0.39 is 11.8 Å². The molecule has 0 amide bonds. The van der Waals surface area contributed by atoms with Crippen molar-refractivity contribution < 1.29 is 5.11 Å². The molecule has 0 spiro atoms. The Labute approximate surface area is 136 Å². The summed E-state index contributed by atoms with van der Waals surface area (Å²) in [6, 6.07) is 14.9. The number of benzene rings is 2. The van der Waals surface area contributed by atoms with Crippen molar-refractivity contribution in [1.29, 1.82) is 0 Å². The number of thiazole rings is 1. The van der Waals surface area contributed by atoms with Gasteiger partial charge in [0.25, 0.3) is 0 Å². The molecule has 4 rings (SSSR count). The molecule has 2 unspecified atom stereocenters. The molecule has 1 aliphatic rings. The molecule has 0 radical (unpaired) electrons. The van der Waals surface area contributed by atoms with Crippen LogP contribution in [0.2, 0.25) is 0 Å². The Bertz CT molecular complexity index is 896. The summed E-state index contributed by atoms with van der Waals surface area (Å²) in [6.07, 6.45) is 3.36. The van der Waals surface area contributed by atoms with Gasteiger partial charge in [-0.05, 0) is 29.3 Å². The average molecular weight is 322 g/mol. The first-order chi connectivity index (χ1) is 11.1. The molecule has 5 nitrogen and oxygen atoms in total. The monoisotopic (exact) mass is 322 g/mol. The van der Waals surface area contributed by atoms with Crippen LogP contribution in [0.4, 0.5) is 5.13 Å². The van der Waals surface area contributed by atoms with Crippen LogP contribution >= 0.6 is 11.3 Å². The van der Waals surface area contributed by atoms with Crippen LogP contribution in [-0.2, 0) is 0 Å². The van der Waals surface area contributed by atoms with Crippen molar-refractivity contribution in [2.45, 2.75) is 11.8 Å². The highest BCUT2D eigenvalue weighted by atomic mass is 32.1. The predicted octanol–water partition coefficient (Wildman–Crippen LogP) is 3.80. The van der Waals surface area contributed by atoms with E-state index in [1.165, 1.54) is 11.3 Å². The Morgan fingerprint density at radius 3 is 2.78 bits per heavy atom. The second-order valence-electron chi connectivity index (χ2n) is 5.43. The summed E-state index contributed by atoms with van der Waals surface area (Å²) < 4.78 is 1.05. The number of hydrogen-bond acceptors (Lipinski definition) is 6. The van der Waals surface area contributed by atoms with Gasteiger partial charge in [-0.25, -0.2) is 4.98 Å². The minimum Gasteiger partial charge on any atom is -0.370 e. The Kier molecular flexibility index (Phi) is 3.30. The third-order valence-electron chi connectivity index (χ3n) is 3.80. The van der Waals surface area contributed by atoms with Crippen molar-refractivity contribution in [3.63, 3.8) is 0 Å². The van der Waals surface area contributed by atoms with E-state index in [0.29, 0.717) is 5.13 Å². The Morgan fingerprint density at radius 1 is 1.13 bits per heavy atom. The van der Waals surface area contributed by atoms with Crippen molar-refractivity contribution in [3.05, 3.63) is 65.7 Å². The molecule has 0 aliphatic heterocycles. The average Bonchev–Trinajstić information content (AvgIpc) is 2.96. The molecule has 0 saturated carbocycles. The van der Waals surface area contributed by atoms with Crippen molar-refractivity contribution in [2.24, 2.45) is 16.0 Å². The van der Waals surface area contributed by atoms with Crippen LogP contribution in [-0.4, -0.2) is 15.8 Å². The van der Waals surface area contributed by atoms with E-state index in [9.17, 15) is 5.11 Å². The van der Waals surface area contributed by atoms with Crippen molar-refractivity contribution in [2.75, 3.05) is 0 Å². The second kappa shape index (κ2) is 5.34. The maximum atomic E-state index is 10.4. The quantitative estimate of drug-likeness (QED) is 0.556. The number of nitrogens with zero attached hydrogens (tertiary/aromatic N) is 3. The van der Waals surface area contributed by atoms with Crippen LogP contribution in [0.15, 0.2) is 64.8 Å². The first-order valence-corrected chi connectivity index (χ1v) is 8.01. The topological polar surface area (TPSA) is 83.9 Å². The lowest BCUT2D eigenvalue weighted by Crippen LogP contribution is -2.44. The minimum atomic E-state index is -1.56. The molecule has 0 bridgehead atoms. The Hall–Kier alpha value is -2.41. The molecular weight excluding hydrogens is 308 g/mol. The molecule has 1 aliphatic carbocycles. The van der Waals surface area contributed by atoms with Gasteiger partial charge < -0.3 is 5.11 Å². The van der Waals surface area contributed by atoms with Crippen molar-refractivity contribution >= 4 is 32.8 Å². The lowest BCUT2D eigenvalue weighted by Gasteiger charge is -2.30. The summed E-state index contributed by atoms with van der Waals surface area (Å²) in [4.78, 5) is 4.42. The molecule has 2 atom stereocenters. The van der Waals surface area contributed by atoms with Crippen LogP contribution in [0.5, 0.6) is 0 Å². The third-order valence-corrected chi connectivity index (χ3v) is 4.72. The van der Waals surface area contributed by atoms with Gasteiger partial charge >= 0.3 is 0 Å². The van der Waals surface area contributed by atoms with Crippen molar-refractivity contribution in [3.8, 4) is 0 Å². The maximum Gasteiger partial charge on any atom is 0.230 e. The zero-order chi connectivity index (χ0) is 15.9. The van der Waals surface area contributed by atoms with Gasteiger partial charge in [0.1, 0.15) is 6.04 Å². The van der Waals surface area contributed by atoms with Gasteiger partial charge in [-0.15, -0.1) is 5.11 Å². The first-order valence-electron chi connectivity index (χ1n) is 7.19. The van der Waals surface area contributed by atoms with Crippen molar-refractivity contribution in [1.82, 2.24) is 4.98 Å². The number of rotatable bonds is 2. The van der Waals surface area contributed by atoms with Crippen LogP contribution in [0.3, 0.4) is 0 Å². The number of nitrogens with two attached hydrogens (primary N) is 1. The van der Waals surface area contributed by atoms with Gasteiger partial charge in [0.05, 0.1) is 10.2 Å². The highest BCUT2D eigenvalue weighted by Crippen LogP contribution is 2.37. The summed E-state index contributed by atoms with van der Waals surface area (Å²) in [5, 5.41) is 19.5. The number of hydrogen-bond donors (Lipinski definition) is 2. The standard InChI is InChI=1S/C17H14N4OS/c18-17(22)10-9-11-5-1-2-6-12(11)15(17)20-21-16-19-13-7-3-4-8-14(13)23-16/h1-10,15,22H,18H2. The zero-order valence-electron chi connectivity index (χ0n) is 12.1. The number of aromatic nitrogens is 1. The highest BCUT2D eigenvalue weighted by molar-refractivity contribution is 7.21. The summed E-state index contributed by atoms with van der Waals surface area (Å²) >= 11 is 1.46. The highest BCUT2D eigenvalue weighted by Gasteiger charge is 2.35. The summed E-state index contributed by atoms with van der Waals surface area (Å²) in [6.45, 7) is 0. The number of fused-ring (bicyclic) bond motifs is 2. The number of azo groups is 1. The van der Waals surface area contributed by atoms with Gasteiger partial charge in [-0.2, -0.15) is 5.11 Å². The van der Waals surface area contributed by atoms with E-state index in [2.05, 4.69) is 15.2 Å². The van der Waals surface area contributed by atoms with E-state index in [4.69, 9.17) is 5.73 Å². The molecule has 1 aromatic heterocycles. The van der Waals surface area contributed by atoms with Gasteiger partial charge in [-0.3, -0.25) is 5.73 Å². The van der Waals surface area contributed by atoms with Gasteiger partial charge in [0, 0.05) is 0 Å². The lowest BCUT2D eigenvalue weighted by atomic mass is 9.88. The molecule has 114 valence electrons. The van der Waals surface area contributed by atoms with Crippen LogP contribution in [0, 0.1) is 0 Å². The second-order valence-corrected chi connectivity index (χ2v) is 6.44. The van der Waals surface area contributed by atoms with Gasteiger partial charge in [-0.1, -0.05) is 53.8 Å². The zero-order valence-corrected chi connectivity index (χ0v) is 12.9. The summed E-state index contributed by atoms with van der Waals surface area (Å²) in [5.41, 5.74) is 7.13. The first kappa shape index (κ1) is 14.2. The van der Waals surface area contributed by atoms with E-state index in [1.807, 2.05) is 48.5 Å². The predicted molar refractivity (Wildman–Crippen MR) is 91.5 cm³/mol. The normalized spacial score (nSPS) is 23.5. The number of para-hydroxylation sites is 1. The van der Waals surface area contributed by atoms with E-state index in [1.54, 1.807) is 12.2 Å². The SMILES string of the molecule is NC1(O)C=Cc2ccccc2C1N=Nc1nc2ccccc2s1. The molecule has 0 fully saturated rings. The molecule has 2 aromatic carbocycles. The Morgan fingerprint density at radius 2 is 1.91 bits per heavy atom. The number of aliphatic hydroxyl groups is 1. The summed E-state index contributed by atoms with van der Waals surface area (Å²) in [5.74, 6) is 0. The molecule has 23 heavy (non-hydrogen) atoms. The van der Waals surface area contributed by atoms with E-state index in [-0.39, 0.29) is 0 Å². The molecular formula is C17H14N4OS. The fraction of sp³-hybridized carbons (Fsp3) is 0.118.